The van der Waals surface area contributed by atoms with Gasteiger partial charge >= 0.3 is 0 Å². The van der Waals surface area contributed by atoms with E-state index in [9.17, 15) is 4.79 Å². The van der Waals surface area contributed by atoms with E-state index in [4.69, 9.17) is 21.7 Å². The quantitative estimate of drug-likeness (QED) is 0.200. The Bertz CT molecular complexity index is 1460. The van der Waals surface area contributed by atoms with Gasteiger partial charge in [0.25, 0.3) is 5.91 Å². The summed E-state index contributed by atoms with van der Waals surface area (Å²) in [5.41, 5.74) is 4.90. The molecule has 1 aliphatic rings. The van der Waals surface area contributed by atoms with Gasteiger partial charge in [0.05, 0.1) is 17.7 Å². The summed E-state index contributed by atoms with van der Waals surface area (Å²) in [6.07, 6.45) is 1.93. The van der Waals surface area contributed by atoms with Crippen LogP contribution in [0.4, 0.5) is 5.69 Å². The maximum absolute atomic E-state index is 13.1. The van der Waals surface area contributed by atoms with Gasteiger partial charge in [-0.15, -0.1) is 0 Å². The van der Waals surface area contributed by atoms with Crippen molar-refractivity contribution >= 4 is 46.0 Å². The number of carbonyl (C=O) groups excluding carboxylic acids is 1. The number of para-hydroxylation sites is 1. The Balaban J connectivity index is 1.38. The van der Waals surface area contributed by atoms with E-state index in [1.807, 2.05) is 84.9 Å². The van der Waals surface area contributed by atoms with Crippen molar-refractivity contribution < 1.29 is 14.3 Å². The average molecular weight is 513 g/mol. The minimum absolute atomic E-state index is 0.0963. The first kappa shape index (κ1) is 23.9. The monoisotopic (exact) mass is 512 g/mol. The second-order valence-corrected chi connectivity index (χ2v) is 9.96. The topological polar surface area (TPSA) is 43.7 Å². The molecule has 2 heterocycles. The van der Waals surface area contributed by atoms with E-state index >= 15 is 0 Å². The molecule has 3 aromatic carbocycles. The minimum atomic E-state index is -0.0963. The number of aryl methyl sites for hydroxylation is 1. The number of benzene rings is 3. The number of nitrogens with zero attached hydrogens (tertiary/aromatic N) is 2. The number of thioether (sulfide) groups is 1. The normalized spacial score (nSPS) is 14.5. The second kappa shape index (κ2) is 10.0. The zero-order valence-electron chi connectivity index (χ0n) is 20.1. The maximum atomic E-state index is 13.1. The lowest BCUT2D eigenvalue weighted by Gasteiger charge is -2.13. The first-order valence-electron chi connectivity index (χ1n) is 11.4. The lowest BCUT2D eigenvalue weighted by Crippen LogP contribution is -2.27. The van der Waals surface area contributed by atoms with Crippen LogP contribution in [0.5, 0.6) is 17.2 Å². The molecule has 180 valence electrons. The van der Waals surface area contributed by atoms with Crippen LogP contribution in [0, 0.1) is 13.8 Å². The van der Waals surface area contributed by atoms with Crippen molar-refractivity contribution in [2.24, 2.45) is 0 Å². The van der Waals surface area contributed by atoms with E-state index in [2.05, 4.69) is 24.5 Å². The standard InChI is InChI=1S/C29H24N2O3S2/c1-19-17-21(18-27-28(32)31(29(35)36-27)22-7-5-4-6-8-22)20(2)30(19)23-9-11-25(12-10-23)34-26-15-13-24(33-3)14-16-26/h4-18H,1-3H3/b27-18-. The van der Waals surface area contributed by atoms with Crippen LogP contribution in [0.1, 0.15) is 17.0 Å². The van der Waals surface area contributed by atoms with Gasteiger partial charge in [-0.1, -0.05) is 42.2 Å². The van der Waals surface area contributed by atoms with Crippen LogP contribution in [0.15, 0.2) is 89.8 Å². The Morgan fingerprint density at radius 1 is 0.833 bits per heavy atom. The zero-order chi connectivity index (χ0) is 25.2. The molecule has 5 nitrogen and oxygen atoms in total. The Labute approximate surface area is 220 Å². The smallest absolute Gasteiger partial charge is 0.270 e. The molecule has 4 aromatic rings. The SMILES string of the molecule is COc1ccc(Oc2ccc(-n3c(C)cc(/C=C4\SC(=S)N(c5ccccc5)C4=O)c3C)cc2)cc1. The number of ether oxygens (including phenoxy) is 2. The van der Waals surface area contributed by atoms with E-state index in [0.29, 0.717) is 9.23 Å². The molecular weight excluding hydrogens is 488 g/mol. The summed E-state index contributed by atoms with van der Waals surface area (Å²) in [7, 11) is 1.64. The largest absolute Gasteiger partial charge is 0.497 e. The maximum Gasteiger partial charge on any atom is 0.270 e. The number of anilines is 1. The molecule has 0 unspecified atom stereocenters. The van der Waals surface area contributed by atoms with Crippen LogP contribution < -0.4 is 14.4 Å². The van der Waals surface area contributed by atoms with Gasteiger partial charge in [0, 0.05) is 17.1 Å². The lowest BCUT2D eigenvalue weighted by atomic mass is 10.2. The highest BCUT2D eigenvalue weighted by molar-refractivity contribution is 8.27. The summed E-state index contributed by atoms with van der Waals surface area (Å²) in [6.45, 7) is 4.11. The zero-order valence-corrected chi connectivity index (χ0v) is 21.7. The summed E-state index contributed by atoms with van der Waals surface area (Å²) < 4.78 is 13.9. The van der Waals surface area contributed by atoms with Crippen LogP contribution in [0.2, 0.25) is 0 Å². The number of amides is 1. The highest BCUT2D eigenvalue weighted by atomic mass is 32.2. The fraction of sp³-hybridized carbons (Fsp3) is 0.103. The fourth-order valence-electron chi connectivity index (χ4n) is 4.18. The molecule has 7 heteroatoms. The molecule has 0 radical (unpaired) electrons. The number of thiocarbonyl (C=S) groups is 1. The van der Waals surface area contributed by atoms with Gasteiger partial charge in [-0.05, 0) is 92.2 Å². The van der Waals surface area contributed by atoms with Gasteiger partial charge < -0.3 is 14.0 Å². The van der Waals surface area contributed by atoms with E-state index in [-0.39, 0.29) is 5.91 Å². The first-order valence-corrected chi connectivity index (χ1v) is 12.6. The van der Waals surface area contributed by atoms with E-state index in [1.54, 1.807) is 12.0 Å². The Hall–Kier alpha value is -3.81. The number of rotatable bonds is 6. The number of aromatic nitrogens is 1. The third kappa shape index (κ3) is 4.67. The molecule has 0 bridgehead atoms. The number of hydrogen-bond acceptors (Lipinski definition) is 5. The van der Waals surface area contributed by atoms with Crippen LogP contribution in [-0.4, -0.2) is 21.9 Å². The van der Waals surface area contributed by atoms with Gasteiger partial charge in [-0.2, -0.15) is 0 Å². The Morgan fingerprint density at radius 2 is 1.44 bits per heavy atom. The molecule has 1 aliphatic heterocycles. The van der Waals surface area contributed by atoms with Crippen molar-refractivity contribution in [1.29, 1.82) is 0 Å². The average Bonchev–Trinajstić information content (AvgIpc) is 3.33. The number of hydrogen-bond donors (Lipinski definition) is 0. The van der Waals surface area contributed by atoms with Gasteiger partial charge in [-0.25, -0.2) is 0 Å². The lowest BCUT2D eigenvalue weighted by molar-refractivity contribution is -0.113. The highest BCUT2D eigenvalue weighted by Gasteiger charge is 2.33. The molecule has 0 saturated carbocycles. The molecular formula is C29H24N2O3S2. The molecule has 1 saturated heterocycles. The second-order valence-electron chi connectivity index (χ2n) is 8.29. The van der Waals surface area contributed by atoms with Crippen molar-refractivity contribution in [3.05, 3.63) is 107 Å². The predicted octanol–water partition coefficient (Wildman–Crippen LogP) is 7.30. The molecule has 0 N–H and O–H groups in total. The summed E-state index contributed by atoms with van der Waals surface area (Å²) in [5.74, 6) is 2.18. The van der Waals surface area contributed by atoms with Gasteiger partial charge in [-0.3, -0.25) is 9.69 Å². The van der Waals surface area contributed by atoms with E-state index in [0.717, 1.165) is 45.6 Å². The molecule has 0 aliphatic carbocycles. The van der Waals surface area contributed by atoms with E-state index in [1.165, 1.54) is 11.8 Å². The highest BCUT2D eigenvalue weighted by Crippen LogP contribution is 2.37. The van der Waals surface area contributed by atoms with Crippen molar-refractivity contribution in [2.75, 3.05) is 12.0 Å². The molecule has 1 aromatic heterocycles. The van der Waals surface area contributed by atoms with Gasteiger partial charge in [0.1, 0.15) is 17.2 Å². The van der Waals surface area contributed by atoms with E-state index < -0.39 is 0 Å². The van der Waals surface area contributed by atoms with Gasteiger partial charge in [0.2, 0.25) is 0 Å². The van der Waals surface area contributed by atoms with Crippen molar-refractivity contribution in [1.82, 2.24) is 4.57 Å². The molecule has 36 heavy (non-hydrogen) atoms. The third-order valence-corrected chi connectivity index (χ3v) is 7.26. The Kier molecular flexibility index (Phi) is 6.67. The molecule has 1 fully saturated rings. The molecule has 5 rings (SSSR count). The fourth-order valence-corrected chi connectivity index (χ4v) is 5.47. The van der Waals surface area contributed by atoms with Crippen LogP contribution >= 0.6 is 24.0 Å². The van der Waals surface area contributed by atoms with Crippen LogP contribution in [-0.2, 0) is 4.79 Å². The molecule has 0 spiro atoms. The van der Waals surface area contributed by atoms with Crippen molar-refractivity contribution in [3.8, 4) is 22.9 Å². The third-order valence-electron chi connectivity index (χ3n) is 5.96. The van der Waals surface area contributed by atoms with Crippen molar-refractivity contribution in [3.63, 3.8) is 0 Å². The number of carbonyl (C=O) groups is 1. The predicted molar refractivity (Wildman–Crippen MR) is 150 cm³/mol. The van der Waals surface area contributed by atoms with Gasteiger partial charge in [0.15, 0.2) is 4.32 Å². The summed E-state index contributed by atoms with van der Waals surface area (Å²) in [5, 5.41) is 0. The summed E-state index contributed by atoms with van der Waals surface area (Å²) >= 11 is 6.84. The van der Waals surface area contributed by atoms with Crippen molar-refractivity contribution in [2.45, 2.75) is 13.8 Å². The Morgan fingerprint density at radius 3 is 2.08 bits per heavy atom. The van der Waals surface area contributed by atoms with Crippen LogP contribution in [0.25, 0.3) is 11.8 Å². The minimum Gasteiger partial charge on any atom is -0.497 e. The first-order chi connectivity index (χ1) is 17.4. The molecule has 1 amide bonds. The molecule has 0 atom stereocenters. The van der Waals surface area contributed by atoms with Crippen LogP contribution in [0.3, 0.4) is 0 Å². The number of methoxy groups -OCH3 is 1. The summed E-state index contributed by atoms with van der Waals surface area (Å²) in [6, 6.07) is 27.0. The summed E-state index contributed by atoms with van der Waals surface area (Å²) in [4.78, 5) is 15.3.